The molecule has 4 rings (SSSR count). The van der Waals surface area contributed by atoms with E-state index in [2.05, 4.69) is 10.1 Å². The van der Waals surface area contributed by atoms with Crippen molar-refractivity contribution in [1.29, 1.82) is 0 Å². The van der Waals surface area contributed by atoms with Gasteiger partial charge < -0.3 is 4.90 Å². The molecule has 0 N–H and O–H groups in total. The molecule has 1 amide bonds. The summed E-state index contributed by atoms with van der Waals surface area (Å²) in [6.07, 6.45) is 1.58. The SMILES string of the molecule is Cc1nc(CC(=O)N2Cc3c(-c4ccc(F)cc4F)cnn3CC2C)ccc1F. The first-order chi connectivity index (χ1) is 13.8. The fraction of sp³-hybridized carbons (Fsp3) is 0.286. The Morgan fingerprint density at radius 1 is 1.14 bits per heavy atom. The highest BCUT2D eigenvalue weighted by molar-refractivity contribution is 5.79. The Morgan fingerprint density at radius 2 is 1.93 bits per heavy atom. The van der Waals surface area contributed by atoms with Crippen molar-refractivity contribution in [2.45, 2.75) is 39.4 Å². The second-order valence-electron chi connectivity index (χ2n) is 7.23. The van der Waals surface area contributed by atoms with E-state index >= 15 is 0 Å². The van der Waals surface area contributed by atoms with E-state index in [-0.39, 0.29) is 36.2 Å². The fourth-order valence-corrected chi connectivity index (χ4v) is 3.62. The van der Waals surface area contributed by atoms with E-state index in [0.717, 1.165) is 6.07 Å². The van der Waals surface area contributed by atoms with Gasteiger partial charge in [0.1, 0.15) is 17.5 Å². The molecule has 3 heterocycles. The number of benzene rings is 1. The van der Waals surface area contributed by atoms with Crippen LogP contribution in [0.4, 0.5) is 13.2 Å². The maximum absolute atomic E-state index is 14.3. The standard InChI is InChI=1S/C21H19F3N4O/c1-12-10-28-20(17(9-25-28)16-5-3-14(22)7-19(16)24)11-27(12)21(29)8-15-4-6-18(23)13(2)26-15/h3-7,9,12H,8,10-11H2,1-2H3. The van der Waals surface area contributed by atoms with Crippen LogP contribution in [-0.4, -0.2) is 31.6 Å². The summed E-state index contributed by atoms with van der Waals surface area (Å²) in [5.41, 5.74) is 2.19. The van der Waals surface area contributed by atoms with Crippen LogP contribution >= 0.6 is 0 Å². The number of amides is 1. The van der Waals surface area contributed by atoms with Gasteiger partial charge in [-0.25, -0.2) is 13.2 Å². The molecule has 0 aliphatic carbocycles. The highest BCUT2D eigenvalue weighted by atomic mass is 19.1. The van der Waals surface area contributed by atoms with Crippen LogP contribution in [-0.2, 0) is 24.3 Å². The number of hydrogen-bond acceptors (Lipinski definition) is 3. The minimum absolute atomic E-state index is 0.0415. The van der Waals surface area contributed by atoms with Gasteiger partial charge in [0, 0.05) is 23.2 Å². The summed E-state index contributed by atoms with van der Waals surface area (Å²) in [6.45, 7) is 4.16. The monoisotopic (exact) mass is 400 g/mol. The predicted molar refractivity (Wildman–Crippen MR) is 100 cm³/mol. The first kappa shape index (κ1) is 19.2. The van der Waals surface area contributed by atoms with E-state index in [1.165, 1.54) is 30.5 Å². The molecule has 0 spiro atoms. The Morgan fingerprint density at radius 3 is 2.66 bits per heavy atom. The minimum Gasteiger partial charge on any atom is -0.332 e. The first-order valence-electron chi connectivity index (χ1n) is 9.25. The molecular weight excluding hydrogens is 381 g/mol. The second kappa shape index (κ2) is 7.35. The number of rotatable bonds is 3. The highest BCUT2D eigenvalue weighted by Gasteiger charge is 2.30. The minimum atomic E-state index is -0.678. The average molecular weight is 400 g/mol. The normalized spacial score (nSPS) is 16.0. The number of hydrogen-bond donors (Lipinski definition) is 0. The summed E-state index contributed by atoms with van der Waals surface area (Å²) in [4.78, 5) is 18.7. The molecule has 3 aromatic rings. The molecule has 5 nitrogen and oxygen atoms in total. The molecule has 0 saturated heterocycles. The molecule has 0 fully saturated rings. The van der Waals surface area contributed by atoms with E-state index < -0.39 is 17.5 Å². The molecule has 0 radical (unpaired) electrons. The number of aromatic nitrogens is 3. The molecule has 29 heavy (non-hydrogen) atoms. The van der Waals surface area contributed by atoms with E-state index in [4.69, 9.17) is 0 Å². The van der Waals surface area contributed by atoms with Crippen LogP contribution < -0.4 is 0 Å². The van der Waals surface area contributed by atoms with E-state index in [1.807, 2.05) is 6.92 Å². The van der Waals surface area contributed by atoms with Crippen LogP contribution in [0.3, 0.4) is 0 Å². The molecule has 1 aliphatic heterocycles. The molecule has 1 aromatic carbocycles. The molecule has 2 aromatic heterocycles. The Kier molecular flexibility index (Phi) is 4.86. The number of halogens is 3. The van der Waals surface area contributed by atoms with Crippen molar-refractivity contribution >= 4 is 5.91 Å². The lowest BCUT2D eigenvalue weighted by atomic mass is 10.0. The van der Waals surface area contributed by atoms with Gasteiger partial charge in [-0.2, -0.15) is 5.10 Å². The highest BCUT2D eigenvalue weighted by Crippen LogP contribution is 2.31. The Hall–Kier alpha value is -3.16. The summed E-state index contributed by atoms with van der Waals surface area (Å²) in [5, 5.41) is 4.31. The predicted octanol–water partition coefficient (Wildman–Crippen LogP) is 3.64. The Labute approximate surface area is 165 Å². The summed E-state index contributed by atoms with van der Waals surface area (Å²) in [7, 11) is 0. The number of aryl methyl sites for hydroxylation is 1. The molecule has 0 saturated carbocycles. The zero-order valence-corrected chi connectivity index (χ0v) is 16.0. The third-order valence-corrected chi connectivity index (χ3v) is 5.19. The van der Waals surface area contributed by atoms with Gasteiger partial charge in [0.25, 0.3) is 0 Å². The van der Waals surface area contributed by atoms with Crippen molar-refractivity contribution in [1.82, 2.24) is 19.7 Å². The van der Waals surface area contributed by atoms with Gasteiger partial charge in [0.2, 0.25) is 5.91 Å². The van der Waals surface area contributed by atoms with Crippen LogP contribution in [0.2, 0.25) is 0 Å². The van der Waals surface area contributed by atoms with Crippen molar-refractivity contribution in [2.24, 2.45) is 0 Å². The van der Waals surface area contributed by atoms with Crippen molar-refractivity contribution in [2.75, 3.05) is 0 Å². The maximum Gasteiger partial charge on any atom is 0.229 e. The lowest BCUT2D eigenvalue weighted by Crippen LogP contribution is -2.45. The number of fused-ring (bicyclic) bond motifs is 1. The van der Waals surface area contributed by atoms with Gasteiger partial charge in [-0.05, 0) is 38.1 Å². The average Bonchev–Trinajstić information content (AvgIpc) is 3.06. The Bertz CT molecular complexity index is 1100. The molecule has 1 aliphatic rings. The quantitative estimate of drug-likeness (QED) is 0.675. The van der Waals surface area contributed by atoms with Gasteiger partial charge >= 0.3 is 0 Å². The van der Waals surface area contributed by atoms with Gasteiger partial charge in [-0.1, -0.05) is 0 Å². The van der Waals surface area contributed by atoms with Crippen LogP contribution in [0.25, 0.3) is 11.1 Å². The third kappa shape index (κ3) is 3.62. The van der Waals surface area contributed by atoms with Crippen molar-refractivity contribution in [3.63, 3.8) is 0 Å². The van der Waals surface area contributed by atoms with Crippen LogP contribution in [0.15, 0.2) is 36.5 Å². The van der Waals surface area contributed by atoms with Crippen molar-refractivity contribution < 1.29 is 18.0 Å². The summed E-state index contributed by atoms with van der Waals surface area (Å²) in [6, 6.07) is 6.07. The molecule has 150 valence electrons. The lowest BCUT2D eigenvalue weighted by Gasteiger charge is -2.34. The molecule has 1 unspecified atom stereocenters. The number of pyridine rings is 1. The lowest BCUT2D eigenvalue weighted by molar-refractivity contribution is -0.134. The van der Waals surface area contributed by atoms with Gasteiger partial charge in [-0.15, -0.1) is 0 Å². The van der Waals surface area contributed by atoms with Crippen LogP contribution in [0, 0.1) is 24.4 Å². The van der Waals surface area contributed by atoms with Crippen LogP contribution in [0.5, 0.6) is 0 Å². The largest absolute Gasteiger partial charge is 0.332 e. The first-order valence-corrected chi connectivity index (χ1v) is 9.25. The number of carbonyl (C=O) groups excluding carboxylic acids is 1. The summed E-state index contributed by atoms with van der Waals surface area (Å²) < 4.78 is 42.7. The van der Waals surface area contributed by atoms with Gasteiger partial charge in [0.15, 0.2) is 0 Å². The maximum atomic E-state index is 14.3. The topological polar surface area (TPSA) is 51.0 Å². The smallest absolute Gasteiger partial charge is 0.229 e. The molecule has 1 atom stereocenters. The molecule has 0 bridgehead atoms. The van der Waals surface area contributed by atoms with Crippen molar-refractivity contribution in [3.8, 4) is 11.1 Å². The zero-order valence-electron chi connectivity index (χ0n) is 16.0. The fourth-order valence-electron chi connectivity index (χ4n) is 3.62. The van der Waals surface area contributed by atoms with E-state index in [0.29, 0.717) is 23.5 Å². The summed E-state index contributed by atoms with van der Waals surface area (Å²) >= 11 is 0. The third-order valence-electron chi connectivity index (χ3n) is 5.19. The number of carbonyl (C=O) groups is 1. The van der Waals surface area contributed by atoms with Gasteiger partial charge in [-0.3, -0.25) is 14.5 Å². The molecular formula is C21H19F3N4O. The Balaban J connectivity index is 1.61. The van der Waals surface area contributed by atoms with E-state index in [1.54, 1.807) is 16.5 Å². The zero-order chi connectivity index (χ0) is 20.7. The van der Waals surface area contributed by atoms with Gasteiger partial charge in [0.05, 0.1) is 42.8 Å². The van der Waals surface area contributed by atoms with Crippen LogP contribution in [0.1, 0.15) is 24.0 Å². The second-order valence-corrected chi connectivity index (χ2v) is 7.23. The van der Waals surface area contributed by atoms with E-state index in [9.17, 15) is 18.0 Å². The molecule has 8 heteroatoms. The van der Waals surface area contributed by atoms with Crippen molar-refractivity contribution in [3.05, 3.63) is 71.1 Å². The summed E-state index contributed by atoms with van der Waals surface area (Å²) in [5.74, 6) is -1.90. The number of nitrogens with zero attached hydrogens (tertiary/aromatic N) is 4.